The molecule has 2 fully saturated rings. The Morgan fingerprint density at radius 1 is 1.30 bits per heavy atom. The van der Waals surface area contributed by atoms with Gasteiger partial charge in [0, 0.05) is 50.4 Å². The quantitative estimate of drug-likeness (QED) is 0.801. The highest BCUT2D eigenvalue weighted by molar-refractivity contribution is 5.01. The first-order chi connectivity index (χ1) is 9.76. The maximum Gasteiger partial charge on any atom is 0.170 e. The molecule has 20 heavy (non-hydrogen) atoms. The number of aromatic nitrogens is 2. The van der Waals surface area contributed by atoms with Crippen LogP contribution < -0.4 is 5.73 Å². The van der Waals surface area contributed by atoms with Crippen LogP contribution in [0.1, 0.15) is 25.1 Å². The molecule has 0 aromatic carbocycles. The minimum absolute atomic E-state index is 0.204. The third-order valence-corrected chi connectivity index (χ3v) is 4.93. The summed E-state index contributed by atoms with van der Waals surface area (Å²) in [6.07, 6.45) is 6.71. The Morgan fingerprint density at radius 3 is 3.00 bits per heavy atom. The molecule has 110 valence electrons. The van der Waals surface area contributed by atoms with Gasteiger partial charge in [0.25, 0.3) is 0 Å². The zero-order chi connectivity index (χ0) is 13.6. The highest BCUT2D eigenvalue weighted by atomic mass is 16.7. The Kier molecular flexibility index (Phi) is 3.07. The number of nitrogens with two attached hydrogens (primary N) is 1. The van der Waals surface area contributed by atoms with Crippen molar-refractivity contribution < 1.29 is 9.47 Å². The Morgan fingerprint density at radius 2 is 2.15 bits per heavy atom. The molecule has 1 aromatic rings. The van der Waals surface area contributed by atoms with Crippen LogP contribution in [0.3, 0.4) is 0 Å². The minimum Gasteiger partial charge on any atom is -0.347 e. The van der Waals surface area contributed by atoms with Crippen molar-refractivity contribution in [1.82, 2.24) is 14.5 Å². The lowest BCUT2D eigenvalue weighted by Gasteiger charge is -2.45. The summed E-state index contributed by atoms with van der Waals surface area (Å²) in [4.78, 5) is 6.89. The number of hydrogen-bond acceptors (Lipinski definition) is 5. The van der Waals surface area contributed by atoms with E-state index in [1.54, 1.807) is 0 Å². The van der Waals surface area contributed by atoms with Crippen molar-refractivity contribution in [2.24, 2.45) is 5.73 Å². The summed E-state index contributed by atoms with van der Waals surface area (Å²) in [6, 6.07) is 0.530. The van der Waals surface area contributed by atoms with E-state index in [-0.39, 0.29) is 11.8 Å². The first kappa shape index (κ1) is 12.8. The van der Waals surface area contributed by atoms with Crippen molar-refractivity contribution >= 4 is 0 Å². The van der Waals surface area contributed by atoms with Gasteiger partial charge in [0.2, 0.25) is 0 Å². The summed E-state index contributed by atoms with van der Waals surface area (Å²) >= 11 is 0. The van der Waals surface area contributed by atoms with Crippen LogP contribution >= 0.6 is 0 Å². The molecule has 1 aliphatic carbocycles. The van der Waals surface area contributed by atoms with Crippen molar-refractivity contribution in [3.05, 3.63) is 18.2 Å². The molecule has 6 nitrogen and oxygen atoms in total. The molecule has 2 atom stereocenters. The molecule has 2 N–H and O–H groups in total. The van der Waals surface area contributed by atoms with E-state index in [1.807, 2.05) is 6.20 Å². The predicted octanol–water partition coefficient (Wildman–Crippen LogP) is 0.322. The van der Waals surface area contributed by atoms with Gasteiger partial charge in [-0.25, -0.2) is 4.98 Å². The lowest BCUT2D eigenvalue weighted by Crippen LogP contribution is -2.57. The second-order valence-corrected chi connectivity index (χ2v) is 6.09. The largest absolute Gasteiger partial charge is 0.347 e. The predicted molar refractivity (Wildman–Crippen MR) is 72.9 cm³/mol. The average molecular weight is 278 g/mol. The summed E-state index contributed by atoms with van der Waals surface area (Å²) < 4.78 is 14.0. The van der Waals surface area contributed by atoms with E-state index in [2.05, 4.69) is 20.6 Å². The maximum atomic E-state index is 6.38. The molecule has 4 rings (SSSR count). The van der Waals surface area contributed by atoms with Crippen molar-refractivity contribution in [2.75, 3.05) is 19.8 Å². The fourth-order valence-corrected chi connectivity index (χ4v) is 3.79. The molecular formula is C14H22N4O2. The fourth-order valence-electron chi connectivity index (χ4n) is 3.79. The van der Waals surface area contributed by atoms with Gasteiger partial charge in [0.1, 0.15) is 5.82 Å². The Hall–Kier alpha value is -0.950. The van der Waals surface area contributed by atoms with Crippen LogP contribution in [-0.2, 0) is 22.6 Å². The summed E-state index contributed by atoms with van der Waals surface area (Å²) in [5, 5.41) is 0. The summed E-state index contributed by atoms with van der Waals surface area (Å²) in [6.45, 7) is 4.32. The SMILES string of the molecule is NC1CCC2(CC1N1CCn3ccnc3C1)OCCO2. The third kappa shape index (κ3) is 2.07. The van der Waals surface area contributed by atoms with E-state index in [9.17, 15) is 0 Å². The van der Waals surface area contributed by atoms with E-state index in [0.29, 0.717) is 19.3 Å². The molecule has 2 aliphatic heterocycles. The Balaban J connectivity index is 1.52. The van der Waals surface area contributed by atoms with Gasteiger partial charge in [-0.15, -0.1) is 0 Å². The number of fused-ring (bicyclic) bond motifs is 1. The van der Waals surface area contributed by atoms with Gasteiger partial charge in [-0.2, -0.15) is 0 Å². The molecular weight excluding hydrogens is 256 g/mol. The van der Waals surface area contributed by atoms with Gasteiger partial charge >= 0.3 is 0 Å². The fraction of sp³-hybridized carbons (Fsp3) is 0.786. The molecule has 3 aliphatic rings. The summed E-state index contributed by atoms with van der Waals surface area (Å²) in [5.41, 5.74) is 6.38. The zero-order valence-electron chi connectivity index (χ0n) is 11.7. The number of ether oxygens (including phenoxy) is 2. The smallest absolute Gasteiger partial charge is 0.170 e. The van der Waals surface area contributed by atoms with E-state index in [4.69, 9.17) is 15.2 Å². The molecule has 1 spiro atoms. The second kappa shape index (κ2) is 4.80. The van der Waals surface area contributed by atoms with Crippen LogP contribution in [0.25, 0.3) is 0 Å². The summed E-state index contributed by atoms with van der Waals surface area (Å²) in [5.74, 6) is 0.768. The molecule has 0 bridgehead atoms. The van der Waals surface area contributed by atoms with Gasteiger partial charge in [0.05, 0.1) is 19.8 Å². The van der Waals surface area contributed by atoms with Crippen LogP contribution in [0.5, 0.6) is 0 Å². The number of nitrogens with zero attached hydrogens (tertiary/aromatic N) is 3. The average Bonchev–Trinajstić information content (AvgIpc) is 3.10. The third-order valence-electron chi connectivity index (χ3n) is 4.93. The normalized spacial score (nSPS) is 33.5. The number of imidazole rings is 1. The topological polar surface area (TPSA) is 65.5 Å². The number of rotatable bonds is 1. The van der Waals surface area contributed by atoms with Crippen LogP contribution in [0.2, 0.25) is 0 Å². The van der Waals surface area contributed by atoms with Gasteiger partial charge in [-0.1, -0.05) is 0 Å². The van der Waals surface area contributed by atoms with Crippen molar-refractivity contribution in [3.63, 3.8) is 0 Å². The molecule has 3 heterocycles. The van der Waals surface area contributed by atoms with Crippen LogP contribution in [0.15, 0.2) is 12.4 Å². The van der Waals surface area contributed by atoms with Crippen molar-refractivity contribution in [1.29, 1.82) is 0 Å². The van der Waals surface area contributed by atoms with E-state index < -0.39 is 0 Å². The van der Waals surface area contributed by atoms with Gasteiger partial charge in [-0.3, -0.25) is 4.90 Å². The van der Waals surface area contributed by atoms with Crippen LogP contribution in [0.4, 0.5) is 0 Å². The van der Waals surface area contributed by atoms with E-state index in [0.717, 1.165) is 44.7 Å². The monoisotopic (exact) mass is 278 g/mol. The lowest BCUT2D eigenvalue weighted by molar-refractivity contribution is -0.193. The molecule has 6 heteroatoms. The van der Waals surface area contributed by atoms with Gasteiger partial charge in [-0.05, 0) is 6.42 Å². The molecule has 2 unspecified atom stereocenters. The summed E-state index contributed by atoms with van der Waals surface area (Å²) in [7, 11) is 0. The lowest BCUT2D eigenvalue weighted by atomic mass is 9.85. The Labute approximate surface area is 118 Å². The molecule has 0 amide bonds. The first-order valence-electron chi connectivity index (χ1n) is 7.53. The van der Waals surface area contributed by atoms with Crippen LogP contribution in [-0.4, -0.2) is 52.1 Å². The first-order valence-corrected chi connectivity index (χ1v) is 7.53. The van der Waals surface area contributed by atoms with Crippen LogP contribution in [0, 0.1) is 0 Å². The minimum atomic E-state index is -0.368. The van der Waals surface area contributed by atoms with Crippen molar-refractivity contribution in [2.45, 2.75) is 50.2 Å². The maximum absolute atomic E-state index is 6.38. The molecule has 1 saturated heterocycles. The highest BCUT2D eigenvalue weighted by Crippen LogP contribution is 2.38. The van der Waals surface area contributed by atoms with E-state index in [1.165, 1.54) is 0 Å². The standard InChI is InChI=1S/C14H22N4O2/c15-11-1-2-14(19-7-8-20-14)9-12(11)18-6-5-17-4-3-16-13(17)10-18/h3-4,11-12H,1-2,5-10,15H2. The van der Waals surface area contributed by atoms with E-state index >= 15 is 0 Å². The molecule has 1 aromatic heterocycles. The van der Waals surface area contributed by atoms with Crippen molar-refractivity contribution in [3.8, 4) is 0 Å². The Bertz CT molecular complexity index is 483. The van der Waals surface area contributed by atoms with Gasteiger partial charge in [0.15, 0.2) is 5.79 Å². The molecule has 0 radical (unpaired) electrons. The number of hydrogen-bond donors (Lipinski definition) is 1. The zero-order valence-corrected chi connectivity index (χ0v) is 11.7. The van der Waals surface area contributed by atoms with Gasteiger partial charge < -0.3 is 19.8 Å². The molecule has 1 saturated carbocycles. The highest BCUT2D eigenvalue weighted by Gasteiger charge is 2.46. The second-order valence-electron chi connectivity index (χ2n) is 6.09.